The number of hydrogen-bond donors (Lipinski definition) is 0. The van der Waals surface area contributed by atoms with Crippen molar-refractivity contribution in [3.63, 3.8) is 0 Å². The molecule has 4 heteroatoms. The van der Waals surface area contributed by atoms with Gasteiger partial charge in [-0.3, -0.25) is 0 Å². The molecule has 1 unspecified atom stereocenters. The van der Waals surface area contributed by atoms with Crippen LogP contribution in [-0.2, 0) is 0 Å². The highest BCUT2D eigenvalue weighted by Crippen LogP contribution is 2.26. The third kappa shape index (κ3) is 14.0. The molecule has 0 radical (unpaired) electrons. The third-order valence-corrected chi connectivity index (χ3v) is 3.20. The SMILES string of the molecule is CCCCCCCCCCC(Cl)CC(F)(F)F. The Morgan fingerprint density at radius 3 is 1.82 bits per heavy atom. The molecule has 0 saturated carbocycles. The van der Waals surface area contributed by atoms with Crippen molar-refractivity contribution in [2.24, 2.45) is 0 Å². The lowest BCUT2D eigenvalue weighted by Crippen LogP contribution is -2.15. The fraction of sp³-hybridized carbons (Fsp3) is 1.00. The van der Waals surface area contributed by atoms with Crippen LogP contribution in [0.25, 0.3) is 0 Å². The van der Waals surface area contributed by atoms with Gasteiger partial charge < -0.3 is 0 Å². The van der Waals surface area contributed by atoms with E-state index in [4.69, 9.17) is 11.6 Å². The van der Waals surface area contributed by atoms with Crippen molar-refractivity contribution in [1.82, 2.24) is 0 Å². The summed E-state index contributed by atoms with van der Waals surface area (Å²) in [7, 11) is 0. The van der Waals surface area contributed by atoms with Crippen LogP contribution >= 0.6 is 11.6 Å². The molecular formula is C13H24ClF3. The van der Waals surface area contributed by atoms with Crippen molar-refractivity contribution in [3.05, 3.63) is 0 Å². The van der Waals surface area contributed by atoms with Gasteiger partial charge in [0.1, 0.15) is 0 Å². The fourth-order valence-corrected chi connectivity index (χ4v) is 2.18. The van der Waals surface area contributed by atoms with Crippen LogP contribution in [0.2, 0.25) is 0 Å². The first-order valence-electron chi connectivity index (χ1n) is 6.66. The summed E-state index contributed by atoms with van der Waals surface area (Å²) < 4.78 is 35.9. The average molecular weight is 273 g/mol. The normalized spacial score (nSPS) is 13.9. The minimum Gasteiger partial charge on any atom is -0.171 e. The second kappa shape index (κ2) is 10.0. The lowest BCUT2D eigenvalue weighted by molar-refractivity contribution is -0.134. The van der Waals surface area contributed by atoms with Gasteiger partial charge in [-0.25, -0.2) is 0 Å². The quantitative estimate of drug-likeness (QED) is 0.334. The van der Waals surface area contributed by atoms with Crippen LogP contribution in [0.5, 0.6) is 0 Å². The van der Waals surface area contributed by atoms with E-state index < -0.39 is 18.0 Å². The van der Waals surface area contributed by atoms with Crippen LogP contribution in [0, 0.1) is 0 Å². The Morgan fingerprint density at radius 1 is 0.882 bits per heavy atom. The predicted octanol–water partition coefficient (Wildman–Crippen LogP) is 6.08. The largest absolute Gasteiger partial charge is 0.390 e. The number of halogens is 4. The van der Waals surface area contributed by atoms with Gasteiger partial charge in [-0.1, -0.05) is 58.3 Å². The molecule has 0 rings (SSSR count). The Kier molecular flexibility index (Phi) is 10.1. The van der Waals surface area contributed by atoms with Crippen LogP contribution in [0.3, 0.4) is 0 Å². The second-order valence-corrected chi connectivity index (χ2v) is 5.30. The molecular weight excluding hydrogens is 249 g/mol. The Labute approximate surface area is 108 Å². The summed E-state index contributed by atoms with van der Waals surface area (Å²) in [5.41, 5.74) is 0. The molecule has 104 valence electrons. The molecule has 0 aromatic rings. The van der Waals surface area contributed by atoms with Gasteiger partial charge in [-0.05, 0) is 6.42 Å². The molecule has 0 aliphatic heterocycles. The van der Waals surface area contributed by atoms with Crippen molar-refractivity contribution >= 4 is 11.6 Å². The third-order valence-electron chi connectivity index (χ3n) is 2.82. The maximum absolute atomic E-state index is 12.0. The molecule has 0 aliphatic rings. The molecule has 0 nitrogen and oxygen atoms in total. The van der Waals surface area contributed by atoms with E-state index in [1.165, 1.54) is 32.1 Å². The molecule has 17 heavy (non-hydrogen) atoms. The highest BCUT2D eigenvalue weighted by Gasteiger charge is 2.30. The van der Waals surface area contributed by atoms with Gasteiger partial charge in [-0.15, -0.1) is 11.6 Å². The van der Waals surface area contributed by atoms with Crippen molar-refractivity contribution < 1.29 is 13.2 Å². The Balaban J connectivity index is 3.22. The Morgan fingerprint density at radius 2 is 1.35 bits per heavy atom. The maximum atomic E-state index is 12.0. The van der Waals surface area contributed by atoms with E-state index in [0.29, 0.717) is 6.42 Å². The van der Waals surface area contributed by atoms with Gasteiger partial charge in [-0.2, -0.15) is 13.2 Å². The van der Waals surface area contributed by atoms with Crippen molar-refractivity contribution in [1.29, 1.82) is 0 Å². The maximum Gasteiger partial charge on any atom is 0.390 e. The van der Waals surface area contributed by atoms with Crippen LogP contribution in [0.4, 0.5) is 13.2 Å². The van der Waals surface area contributed by atoms with Gasteiger partial charge in [0.25, 0.3) is 0 Å². The molecule has 0 heterocycles. The van der Waals surface area contributed by atoms with Crippen LogP contribution in [0.1, 0.15) is 71.1 Å². The summed E-state index contributed by atoms with van der Waals surface area (Å²) in [6.45, 7) is 2.18. The first kappa shape index (κ1) is 17.1. The van der Waals surface area contributed by atoms with E-state index in [2.05, 4.69) is 6.92 Å². The second-order valence-electron chi connectivity index (χ2n) is 4.68. The molecule has 0 saturated heterocycles. The van der Waals surface area contributed by atoms with Crippen molar-refractivity contribution in [2.45, 2.75) is 82.7 Å². The van der Waals surface area contributed by atoms with Crippen LogP contribution < -0.4 is 0 Å². The number of hydrogen-bond acceptors (Lipinski definition) is 0. The zero-order valence-corrected chi connectivity index (χ0v) is 11.4. The summed E-state index contributed by atoms with van der Waals surface area (Å²) in [6.07, 6.45) is 4.72. The van der Waals surface area contributed by atoms with Crippen LogP contribution in [0.15, 0.2) is 0 Å². The lowest BCUT2D eigenvalue weighted by Gasteiger charge is -2.11. The first-order chi connectivity index (χ1) is 7.95. The first-order valence-corrected chi connectivity index (χ1v) is 7.10. The van der Waals surface area contributed by atoms with Gasteiger partial charge in [0.05, 0.1) is 6.42 Å². The molecule has 0 spiro atoms. The van der Waals surface area contributed by atoms with Gasteiger partial charge in [0.2, 0.25) is 0 Å². The zero-order valence-electron chi connectivity index (χ0n) is 10.7. The standard InChI is InChI=1S/C13H24ClF3/c1-2-3-4-5-6-7-8-9-10-12(14)11-13(15,16)17/h12H,2-11H2,1H3. The molecule has 0 fully saturated rings. The minimum absolute atomic E-state index is 0.482. The average Bonchev–Trinajstić information content (AvgIpc) is 2.19. The summed E-state index contributed by atoms with van der Waals surface area (Å²) in [5.74, 6) is 0. The molecule has 0 aromatic carbocycles. The summed E-state index contributed by atoms with van der Waals surface area (Å²) >= 11 is 5.63. The molecule has 0 bridgehead atoms. The molecule has 0 aromatic heterocycles. The number of unbranched alkanes of at least 4 members (excludes halogenated alkanes) is 7. The predicted molar refractivity (Wildman–Crippen MR) is 67.5 cm³/mol. The van der Waals surface area contributed by atoms with Gasteiger partial charge in [0.15, 0.2) is 0 Å². The Hall–Kier alpha value is 0.0800. The van der Waals surface area contributed by atoms with E-state index in [1.54, 1.807) is 0 Å². The van der Waals surface area contributed by atoms with E-state index in [1.807, 2.05) is 0 Å². The summed E-state index contributed by atoms with van der Waals surface area (Å²) in [6, 6.07) is 0. The topological polar surface area (TPSA) is 0 Å². The van der Waals surface area contributed by atoms with E-state index in [0.717, 1.165) is 19.3 Å². The van der Waals surface area contributed by atoms with Gasteiger partial charge >= 0.3 is 6.18 Å². The summed E-state index contributed by atoms with van der Waals surface area (Å²) in [5, 5.41) is -0.741. The fourth-order valence-electron chi connectivity index (χ4n) is 1.85. The zero-order chi connectivity index (χ0) is 13.1. The van der Waals surface area contributed by atoms with Crippen LogP contribution in [-0.4, -0.2) is 11.6 Å². The Bertz CT molecular complexity index is 169. The van der Waals surface area contributed by atoms with E-state index in [9.17, 15) is 13.2 Å². The highest BCUT2D eigenvalue weighted by atomic mass is 35.5. The highest BCUT2D eigenvalue weighted by molar-refractivity contribution is 6.20. The monoisotopic (exact) mass is 272 g/mol. The smallest absolute Gasteiger partial charge is 0.171 e. The summed E-state index contributed by atoms with van der Waals surface area (Å²) in [4.78, 5) is 0. The molecule has 0 N–H and O–H groups in total. The molecule has 0 amide bonds. The lowest BCUT2D eigenvalue weighted by atomic mass is 10.1. The van der Waals surface area contributed by atoms with Crippen molar-refractivity contribution in [3.8, 4) is 0 Å². The minimum atomic E-state index is -4.12. The number of rotatable bonds is 10. The molecule has 1 atom stereocenters. The molecule has 0 aliphatic carbocycles. The van der Waals surface area contributed by atoms with Gasteiger partial charge in [0, 0.05) is 5.38 Å². The van der Waals surface area contributed by atoms with E-state index in [-0.39, 0.29) is 0 Å². The van der Waals surface area contributed by atoms with Crippen molar-refractivity contribution in [2.75, 3.05) is 0 Å². The van der Waals surface area contributed by atoms with E-state index >= 15 is 0 Å². The number of alkyl halides is 4.